The molecule has 0 heterocycles. The van der Waals surface area contributed by atoms with Gasteiger partial charge in [-0.15, -0.1) is 0 Å². The van der Waals surface area contributed by atoms with Crippen molar-refractivity contribution in [3.8, 4) is 22.3 Å². The second-order valence-corrected chi connectivity index (χ2v) is 7.76. The van der Waals surface area contributed by atoms with Crippen LogP contribution in [0.15, 0.2) is 84.9 Å². The summed E-state index contributed by atoms with van der Waals surface area (Å²) in [5.41, 5.74) is 4.70. The Bertz CT molecular complexity index is 1390. The lowest BCUT2D eigenvalue weighted by molar-refractivity contribution is -0.423. The van der Waals surface area contributed by atoms with Crippen molar-refractivity contribution in [2.45, 2.75) is 5.41 Å². The predicted octanol–water partition coefficient (Wildman–Crippen LogP) is 5.85. The Morgan fingerprint density at radius 1 is 0.548 bits per heavy atom. The number of rotatable bonds is 2. The molecule has 0 fully saturated rings. The molecule has 0 radical (unpaired) electrons. The van der Waals surface area contributed by atoms with E-state index in [9.17, 15) is 20.2 Å². The molecular weight excluding hydrogens is 392 g/mol. The molecule has 31 heavy (non-hydrogen) atoms. The van der Waals surface area contributed by atoms with Crippen molar-refractivity contribution in [3.63, 3.8) is 0 Å². The van der Waals surface area contributed by atoms with E-state index in [0.717, 1.165) is 33.4 Å². The Balaban J connectivity index is 1.90. The van der Waals surface area contributed by atoms with Gasteiger partial charge >= 0.3 is 11.4 Å². The summed E-state index contributed by atoms with van der Waals surface area (Å²) in [6, 6.07) is 26.3. The van der Waals surface area contributed by atoms with E-state index in [1.807, 2.05) is 72.8 Å². The van der Waals surface area contributed by atoms with Crippen LogP contribution in [-0.4, -0.2) is 9.85 Å². The quantitative estimate of drug-likeness (QED) is 0.267. The van der Waals surface area contributed by atoms with Gasteiger partial charge in [-0.1, -0.05) is 72.8 Å². The maximum absolute atomic E-state index is 12.3. The highest BCUT2D eigenvalue weighted by molar-refractivity contribution is 5.97. The summed E-state index contributed by atoms with van der Waals surface area (Å²) in [7, 11) is 0. The summed E-state index contributed by atoms with van der Waals surface area (Å²) in [5.74, 6) is 0. The molecule has 2 aliphatic carbocycles. The van der Waals surface area contributed by atoms with Gasteiger partial charge in [-0.25, -0.2) is 0 Å². The number of nitro benzene ring substituents is 2. The molecule has 4 aromatic carbocycles. The highest BCUT2D eigenvalue weighted by Crippen LogP contribution is 2.65. The Hall–Kier alpha value is -4.32. The van der Waals surface area contributed by atoms with Gasteiger partial charge in [0.25, 0.3) is 0 Å². The average molecular weight is 406 g/mol. The average Bonchev–Trinajstić information content (AvgIpc) is 3.26. The summed E-state index contributed by atoms with van der Waals surface area (Å²) in [6.07, 6.45) is 0. The van der Waals surface area contributed by atoms with Crippen molar-refractivity contribution in [2.75, 3.05) is 0 Å². The molecule has 4 aromatic rings. The molecule has 6 rings (SSSR count). The Kier molecular flexibility index (Phi) is 3.31. The fourth-order valence-corrected chi connectivity index (χ4v) is 5.49. The van der Waals surface area contributed by atoms with Crippen LogP contribution in [-0.2, 0) is 5.41 Å². The molecule has 0 amide bonds. The summed E-state index contributed by atoms with van der Waals surface area (Å²) in [4.78, 5) is 22.8. The van der Waals surface area contributed by atoms with Crippen LogP contribution in [0, 0.1) is 20.2 Å². The normalized spacial score (nSPS) is 13.9. The lowest BCUT2D eigenvalue weighted by atomic mass is 9.70. The molecule has 0 saturated carbocycles. The van der Waals surface area contributed by atoms with E-state index >= 15 is 0 Å². The van der Waals surface area contributed by atoms with Crippen LogP contribution in [0.5, 0.6) is 0 Å². The molecular formula is C25H14N2O4. The molecule has 0 atom stereocenters. The van der Waals surface area contributed by atoms with Gasteiger partial charge in [0.05, 0.1) is 20.8 Å². The van der Waals surface area contributed by atoms with E-state index in [0.29, 0.717) is 11.1 Å². The molecule has 6 nitrogen and oxygen atoms in total. The smallest absolute Gasteiger partial charge is 0.258 e. The minimum Gasteiger partial charge on any atom is -0.258 e. The summed E-state index contributed by atoms with van der Waals surface area (Å²) < 4.78 is 0. The highest BCUT2D eigenvalue weighted by atomic mass is 16.6. The number of nitrogens with zero attached hydrogens (tertiary/aromatic N) is 2. The number of hydrogen-bond acceptors (Lipinski definition) is 4. The fourth-order valence-electron chi connectivity index (χ4n) is 5.49. The summed E-state index contributed by atoms with van der Waals surface area (Å²) >= 11 is 0. The molecule has 6 heteroatoms. The SMILES string of the molecule is O=[N+]([O-])c1ccc2c(c1[N+](=O)[O-])C1(c3ccccc3-c3ccccc31)c1ccccc1-2. The number of benzene rings is 4. The van der Waals surface area contributed by atoms with E-state index in [-0.39, 0.29) is 0 Å². The van der Waals surface area contributed by atoms with E-state index in [2.05, 4.69) is 0 Å². The van der Waals surface area contributed by atoms with Crippen molar-refractivity contribution >= 4 is 11.4 Å². The molecule has 0 bridgehead atoms. The van der Waals surface area contributed by atoms with Gasteiger partial charge < -0.3 is 0 Å². The van der Waals surface area contributed by atoms with Gasteiger partial charge in [0.2, 0.25) is 0 Å². The fraction of sp³-hybridized carbons (Fsp3) is 0.0400. The van der Waals surface area contributed by atoms with Crippen LogP contribution in [0.25, 0.3) is 22.3 Å². The molecule has 1 spiro atoms. The first-order chi connectivity index (χ1) is 15.1. The molecule has 0 unspecified atom stereocenters. The van der Waals surface area contributed by atoms with Crippen molar-refractivity contribution in [3.05, 3.63) is 127 Å². The molecule has 0 aliphatic heterocycles. The first-order valence-electron chi connectivity index (χ1n) is 9.82. The van der Waals surface area contributed by atoms with Crippen LogP contribution in [0.3, 0.4) is 0 Å². The monoisotopic (exact) mass is 406 g/mol. The third-order valence-electron chi connectivity index (χ3n) is 6.48. The highest BCUT2D eigenvalue weighted by Gasteiger charge is 2.56. The van der Waals surface area contributed by atoms with Gasteiger partial charge in [0.15, 0.2) is 0 Å². The van der Waals surface area contributed by atoms with Gasteiger partial charge in [-0.3, -0.25) is 20.2 Å². The number of fused-ring (bicyclic) bond motifs is 10. The zero-order valence-electron chi connectivity index (χ0n) is 16.1. The predicted molar refractivity (Wildman–Crippen MR) is 116 cm³/mol. The zero-order chi connectivity index (χ0) is 21.3. The molecule has 148 valence electrons. The van der Waals surface area contributed by atoms with Crippen LogP contribution < -0.4 is 0 Å². The van der Waals surface area contributed by atoms with Crippen LogP contribution in [0.2, 0.25) is 0 Å². The van der Waals surface area contributed by atoms with E-state index in [4.69, 9.17) is 0 Å². The topological polar surface area (TPSA) is 86.3 Å². The summed E-state index contributed by atoms with van der Waals surface area (Å²) in [5, 5.41) is 24.1. The molecule has 0 aromatic heterocycles. The zero-order valence-corrected chi connectivity index (χ0v) is 16.1. The summed E-state index contributed by atoms with van der Waals surface area (Å²) in [6.45, 7) is 0. The van der Waals surface area contributed by atoms with Crippen molar-refractivity contribution in [1.29, 1.82) is 0 Å². The van der Waals surface area contributed by atoms with Gasteiger partial charge in [-0.2, -0.15) is 0 Å². The lowest BCUT2D eigenvalue weighted by Crippen LogP contribution is -2.27. The van der Waals surface area contributed by atoms with Crippen molar-refractivity contribution < 1.29 is 9.85 Å². The van der Waals surface area contributed by atoms with Crippen LogP contribution in [0.1, 0.15) is 22.3 Å². The molecule has 0 saturated heterocycles. The van der Waals surface area contributed by atoms with Gasteiger partial charge in [-0.05, 0) is 45.0 Å². The van der Waals surface area contributed by atoms with E-state index in [1.54, 1.807) is 6.07 Å². The second kappa shape index (κ2) is 5.86. The van der Waals surface area contributed by atoms with Crippen LogP contribution >= 0.6 is 0 Å². The van der Waals surface area contributed by atoms with E-state index < -0.39 is 26.6 Å². The number of nitro groups is 2. The first kappa shape index (κ1) is 17.5. The first-order valence-corrected chi connectivity index (χ1v) is 9.82. The molecule has 2 aliphatic rings. The number of hydrogen-bond donors (Lipinski definition) is 0. The molecule has 0 N–H and O–H groups in total. The largest absolute Gasteiger partial charge is 0.351 e. The lowest BCUT2D eigenvalue weighted by Gasteiger charge is -2.29. The standard InChI is InChI=1S/C25H14N2O4/c28-26(29)22-14-13-18-17-9-3-6-12-21(17)25(23(18)24(22)27(30)31)19-10-4-1-7-15(19)16-8-2-5-11-20(16)25/h1-14H. The third-order valence-corrected chi connectivity index (χ3v) is 6.48. The minimum absolute atomic E-state index is 0.380. The maximum Gasteiger partial charge on any atom is 0.351 e. The second-order valence-electron chi connectivity index (χ2n) is 7.76. The Morgan fingerprint density at radius 3 is 1.45 bits per heavy atom. The Morgan fingerprint density at radius 2 is 1.00 bits per heavy atom. The van der Waals surface area contributed by atoms with E-state index in [1.165, 1.54) is 6.07 Å². The maximum atomic E-state index is 12.3. The van der Waals surface area contributed by atoms with Crippen molar-refractivity contribution in [1.82, 2.24) is 0 Å². The van der Waals surface area contributed by atoms with Crippen LogP contribution in [0.4, 0.5) is 11.4 Å². The third kappa shape index (κ3) is 1.96. The van der Waals surface area contributed by atoms with Crippen molar-refractivity contribution in [2.24, 2.45) is 0 Å². The van der Waals surface area contributed by atoms with Gasteiger partial charge in [0.1, 0.15) is 0 Å². The Labute approximate surface area is 176 Å². The minimum atomic E-state index is -0.979. The van der Waals surface area contributed by atoms with Gasteiger partial charge in [0, 0.05) is 6.07 Å².